The van der Waals surface area contributed by atoms with Crippen LogP contribution in [0.15, 0.2) is 88.7 Å². The van der Waals surface area contributed by atoms with Gasteiger partial charge in [0.05, 0.1) is 9.79 Å². The van der Waals surface area contributed by atoms with E-state index in [9.17, 15) is 36.3 Å². The third-order valence-corrected chi connectivity index (χ3v) is 6.68. The fourth-order valence-electron chi connectivity index (χ4n) is 2.87. The van der Waals surface area contributed by atoms with Crippen LogP contribution in [0.25, 0.3) is 0 Å². The first-order chi connectivity index (χ1) is 15.4. The summed E-state index contributed by atoms with van der Waals surface area (Å²) in [6, 6.07) is 18.0. The molecule has 1 amide bonds. The summed E-state index contributed by atoms with van der Waals surface area (Å²) in [4.78, 5) is 24.7. The van der Waals surface area contributed by atoms with Gasteiger partial charge in [-0.15, -0.1) is 0 Å². The third kappa shape index (κ3) is 4.81. The van der Waals surface area contributed by atoms with Crippen molar-refractivity contribution >= 4 is 27.2 Å². The number of carbonyl (C=O) groups excluding carboxylic acids is 2. The molecule has 0 aliphatic rings. The van der Waals surface area contributed by atoms with Crippen LogP contribution in [-0.2, 0) is 14.6 Å². The Morgan fingerprint density at radius 2 is 1.42 bits per heavy atom. The highest BCUT2D eigenvalue weighted by atomic mass is 32.2. The molecular formula is C23H18F3NO5S. The topological polar surface area (TPSA) is 101 Å². The summed E-state index contributed by atoms with van der Waals surface area (Å²) < 4.78 is 65.3. The largest absolute Gasteiger partial charge is 0.426 e. The summed E-state index contributed by atoms with van der Waals surface area (Å²) >= 11 is 0. The highest BCUT2D eigenvalue weighted by Gasteiger charge is 2.55. The van der Waals surface area contributed by atoms with Crippen molar-refractivity contribution in [2.75, 3.05) is 5.32 Å². The monoisotopic (exact) mass is 477 g/mol. The van der Waals surface area contributed by atoms with Crippen molar-refractivity contribution in [1.82, 2.24) is 0 Å². The number of rotatable bonds is 6. The van der Waals surface area contributed by atoms with E-state index in [2.05, 4.69) is 0 Å². The van der Waals surface area contributed by atoms with Crippen LogP contribution in [0.3, 0.4) is 0 Å². The molecule has 0 bridgehead atoms. The minimum Gasteiger partial charge on any atom is -0.373 e. The molecule has 0 aliphatic carbocycles. The maximum Gasteiger partial charge on any atom is 0.426 e. The number of benzene rings is 3. The van der Waals surface area contributed by atoms with Crippen LogP contribution in [0.1, 0.15) is 22.8 Å². The smallest absolute Gasteiger partial charge is 0.373 e. The third-order valence-electron chi connectivity index (χ3n) is 4.86. The lowest BCUT2D eigenvalue weighted by Gasteiger charge is -2.25. The van der Waals surface area contributed by atoms with Gasteiger partial charge < -0.3 is 10.4 Å². The molecule has 0 radical (unpaired) electrons. The molecule has 0 fully saturated rings. The number of nitrogens with one attached hydrogen (secondary N) is 1. The van der Waals surface area contributed by atoms with Crippen molar-refractivity contribution in [3.05, 3.63) is 90.0 Å². The van der Waals surface area contributed by atoms with Crippen LogP contribution < -0.4 is 5.32 Å². The second-order valence-electron chi connectivity index (χ2n) is 7.25. The van der Waals surface area contributed by atoms with Crippen LogP contribution in [0.4, 0.5) is 18.9 Å². The Bertz CT molecular complexity index is 1290. The zero-order valence-corrected chi connectivity index (χ0v) is 17.9. The molecule has 0 aliphatic heterocycles. The van der Waals surface area contributed by atoms with Gasteiger partial charge in [0.15, 0.2) is 5.78 Å². The van der Waals surface area contributed by atoms with Crippen LogP contribution in [0.2, 0.25) is 0 Å². The molecular weight excluding hydrogens is 459 g/mol. The van der Waals surface area contributed by atoms with E-state index >= 15 is 0 Å². The average Bonchev–Trinajstić information content (AvgIpc) is 2.78. The number of sulfone groups is 1. The Balaban J connectivity index is 2.12. The highest BCUT2D eigenvalue weighted by molar-refractivity contribution is 7.91. The second kappa shape index (κ2) is 8.80. The predicted molar refractivity (Wildman–Crippen MR) is 114 cm³/mol. The minimum absolute atomic E-state index is 0.0936. The number of anilines is 1. The number of hydrogen-bond donors (Lipinski definition) is 2. The molecule has 1 unspecified atom stereocenters. The van der Waals surface area contributed by atoms with Gasteiger partial charge in [0.25, 0.3) is 5.91 Å². The zero-order valence-electron chi connectivity index (χ0n) is 17.1. The summed E-state index contributed by atoms with van der Waals surface area (Å²) in [5.41, 5.74) is -4.22. The number of halogens is 3. The Labute approximate surface area is 187 Å². The van der Waals surface area contributed by atoms with Gasteiger partial charge in [0.1, 0.15) is 0 Å². The van der Waals surface area contributed by atoms with Gasteiger partial charge in [0, 0.05) is 16.8 Å². The van der Waals surface area contributed by atoms with Crippen molar-refractivity contribution in [2.45, 2.75) is 28.5 Å². The maximum atomic E-state index is 13.2. The SMILES string of the molecule is CC(O)(C(=O)Nc1ccc(S(=O)(=O)c2ccccc2)c(C(=O)c2ccccc2)c1)C(F)(F)F. The van der Waals surface area contributed by atoms with E-state index in [1.54, 1.807) is 24.3 Å². The molecule has 0 heterocycles. The lowest BCUT2D eigenvalue weighted by Crippen LogP contribution is -2.52. The summed E-state index contributed by atoms with van der Waals surface area (Å²) in [6.45, 7) is 0.284. The first-order valence-corrected chi connectivity index (χ1v) is 11.0. The fraction of sp³-hybridized carbons (Fsp3) is 0.130. The van der Waals surface area contributed by atoms with E-state index in [-0.39, 0.29) is 33.5 Å². The van der Waals surface area contributed by atoms with E-state index in [4.69, 9.17) is 0 Å². The maximum absolute atomic E-state index is 13.2. The van der Waals surface area contributed by atoms with Crippen molar-refractivity contribution in [3.8, 4) is 0 Å². The second-order valence-corrected chi connectivity index (χ2v) is 9.16. The lowest BCUT2D eigenvalue weighted by molar-refractivity contribution is -0.242. The molecule has 0 saturated carbocycles. The Morgan fingerprint density at radius 1 is 0.879 bits per heavy atom. The summed E-state index contributed by atoms with van der Waals surface area (Å²) in [5, 5.41) is 11.5. The van der Waals surface area contributed by atoms with Gasteiger partial charge in [-0.1, -0.05) is 48.5 Å². The standard InChI is InChI=1S/C23H18F3NO5S/c1-22(30,23(24,25)26)21(29)27-16-12-13-19(33(31,32)17-10-6-3-7-11-17)18(14-16)20(28)15-8-4-2-5-9-15/h2-14,30H,1H3,(H,27,29). The first-order valence-electron chi connectivity index (χ1n) is 9.50. The number of carbonyl (C=O) groups is 2. The lowest BCUT2D eigenvalue weighted by atomic mass is 10.0. The van der Waals surface area contributed by atoms with Crippen molar-refractivity contribution in [2.24, 2.45) is 0 Å². The number of hydrogen-bond acceptors (Lipinski definition) is 5. The molecule has 1 atom stereocenters. The molecule has 172 valence electrons. The molecule has 3 aromatic carbocycles. The van der Waals surface area contributed by atoms with E-state index in [0.717, 1.165) is 18.2 Å². The van der Waals surface area contributed by atoms with Gasteiger partial charge in [0.2, 0.25) is 15.4 Å². The van der Waals surface area contributed by atoms with Crippen LogP contribution in [-0.4, -0.2) is 37.0 Å². The molecule has 2 N–H and O–H groups in total. The molecule has 0 aromatic heterocycles. The van der Waals surface area contributed by atoms with Gasteiger partial charge in [-0.05, 0) is 37.3 Å². The van der Waals surface area contributed by atoms with Gasteiger partial charge in [-0.3, -0.25) is 9.59 Å². The molecule has 3 rings (SSSR count). The van der Waals surface area contributed by atoms with Crippen LogP contribution in [0.5, 0.6) is 0 Å². The minimum atomic E-state index is -5.25. The normalized spacial score (nSPS) is 13.7. The summed E-state index contributed by atoms with van der Waals surface area (Å²) in [5.74, 6) is -2.50. The molecule has 33 heavy (non-hydrogen) atoms. The molecule has 10 heteroatoms. The van der Waals surface area contributed by atoms with Crippen molar-refractivity contribution in [1.29, 1.82) is 0 Å². The summed E-state index contributed by atoms with van der Waals surface area (Å²) in [7, 11) is -4.18. The molecule has 6 nitrogen and oxygen atoms in total. The van der Waals surface area contributed by atoms with E-state index in [1.807, 2.05) is 5.32 Å². The summed E-state index contributed by atoms with van der Waals surface area (Å²) in [6.07, 6.45) is -5.25. The predicted octanol–water partition coefficient (Wildman–Crippen LogP) is 4.00. The van der Waals surface area contributed by atoms with E-state index in [0.29, 0.717) is 0 Å². The first kappa shape index (κ1) is 24.1. The quantitative estimate of drug-likeness (QED) is 0.523. The Morgan fingerprint density at radius 3 is 1.97 bits per heavy atom. The Kier molecular flexibility index (Phi) is 6.44. The highest BCUT2D eigenvalue weighted by Crippen LogP contribution is 2.32. The van der Waals surface area contributed by atoms with Crippen LogP contribution >= 0.6 is 0 Å². The number of amides is 1. The van der Waals surface area contributed by atoms with Gasteiger partial charge in [-0.25, -0.2) is 8.42 Å². The van der Waals surface area contributed by atoms with Crippen molar-refractivity contribution in [3.63, 3.8) is 0 Å². The molecule has 0 spiro atoms. The van der Waals surface area contributed by atoms with E-state index in [1.165, 1.54) is 36.4 Å². The number of alkyl halides is 3. The molecule has 0 saturated heterocycles. The number of ketones is 1. The zero-order chi connectivity index (χ0) is 24.4. The van der Waals surface area contributed by atoms with Gasteiger partial charge in [-0.2, -0.15) is 13.2 Å². The average molecular weight is 477 g/mol. The Hall–Kier alpha value is -3.50. The van der Waals surface area contributed by atoms with Crippen molar-refractivity contribution < 1.29 is 36.3 Å². The van der Waals surface area contributed by atoms with Gasteiger partial charge >= 0.3 is 6.18 Å². The number of aliphatic hydroxyl groups is 1. The molecule has 3 aromatic rings. The van der Waals surface area contributed by atoms with Crippen LogP contribution in [0, 0.1) is 0 Å². The van der Waals surface area contributed by atoms with E-state index < -0.39 is 33.3 Å². The fourth-order valence-corrected chi connectivity index (χ4v) is 4.33.